The Bertz CT molecular complexity index is 326. The molecule has 0 radical (unpaired) electrons. The van der Waals surface area contributed by atoms with Crippen molar-refractivity contribution in [3.63, 3.8) is 0 Å². The van der Waals surface area contributed by atoms with Gasteiger partial charge >= 0.3 is 0 Å². The molecule has 1 saturated heterocycles. The maximum atomic E-state index is 11.1. The highest BCUT2D eigenvalue weighted by Crippen LogP contribution is 2.18. The first kappa shape index (κ1) is 11.2. The van der Waals surface area contributed by atoms with Crippen LogP contribution in [0.1, 0.15) is 19.3 Å². The summed E-state index contributed by atoms with van der Waals surface area (Å²) >= 11 is 0. The Kier molecular flexibility index (Phi) is 3.29. The van der Waals surface area contributed by atoms with Gasteiger partial charge in [-0.2, -0.15) is 12.7 Å². The minimum atomic E-state index is -3.77. The monoisotopic (exact) mass is 222 g/mol. The van der Waals surface area contributed by atoms with E-state index in [-0.39, 0.29) is 5.84 Å². The maximum absolute atomic E-state index is 11.1. The molecule has 1 heterocycles. The quantitative estimate of drug-likeness (QED) is 0.235. The molecule has 1 unspecified atom stereocenters. The van der Waals surface area contributed by atoms with Crippen LogP contribution >= 0.6 is 0 Å². The first-order valence-electron chi connectivity index (χ1n) is 4.24. The molecule has 1 atom stereocenters. The van der Waals surface area contributed by atoms with Crippen molar-refractivity contribution in [1.82, 2.24) is 4.31 Å². The fourth-order valence-electron chi connectivity index (χ4n) is 1.57. The van der Waals surface area contributed by atoms with E-state index >= 15 is 0 Å². The average Bonchev–Trinajstić information content (AvgIpc) is 2.15. The molecule has 1 aliphatic rings. The normalized spacial score (nSPS) is 26.4. The highest BCUT2D eigenvalue weighted by molar-refractivity contribution is 7.86. The van der Waals surface area contributed by atoms with Gasteiger partial charge in [0.05, 0.1) is 6.04 Å². The highest BCUT2D eigenvalue weighted by atomic mass is 32.2. The Labute approximate surface area is 82.5 Å². The third-order valence-corrected chi connectivity index (χ3v) is 3.33. The molecule has 14 heavy (non-hydrogen) atoms. The molecule has 0 saturated carbocycles. The van der Waals surface area contributed by atoms with Gasteiger partial charge in [0.1, 0.15) is 0 Å². The van der Waals surface area contributed by atoms with Crippen LogP contribution in [0.5, 0.6) is 0 Å². The summed E-state index contributed by atoms with van der Waals surface area (Å²) in [4.78, 5) is 0. The van der Waals surface area contributed by atoms with Crippen LogP contribution in [0.4, 0.5) is 0 Å². The van der Waals surface area contributed by atoms with Gasteiger partial charge < -0.3 is 10.9 Å². The van der Waals surface area contributed by atoms with E-state index in [1.54, 1.807) is 0 Å². The Hall–Kier alpha value is -0.860. The van der Waals surface area contributed by atoms with Crippen LogP contribution in [-0.2, 0) is 10.2 Å². The van der Waals surface area contributed by atoms with E-state index in [1.807, 2.05) is 0 Å². The predicted molar refractivity (Wildman–Crippen MR) is 50.9 cm³/mol. The van der Waals surface area contributed by atoms with E-state index in [9.17, 15) is 8.42 Å². The third-order valence-electron chi connectivity index (χ3n) is 2.24. The fourth-order valence-corrected chi connectivity index (χ4v) is 2.52. The number of piperidine rings is 1. The topological polar surface area (TPSA) is 122 Å². The Morgan fingerprint density at radius 2 is 2.14 bits per heavy atom. The van der Waals surface area contributed by atoms with E-state index < -0.39 is 16.3 Å². The van der Waals surface area contributed by atoms with Gasteiger partial charge in [0.25, 0.3) is 10.2 Å². The van der Waals surface area contributed by atoms with Gasteiger partial charge in [-0.25, -0.2) is 5.14 Å². The summed E-state index contributed by atoms with van der Waals surface area (Å²) in [5.74, 6) is -0.112. The van der Waals surface area contributed by atoms with Crippen molar-refractivity contribution >= 4 is 16.0 Å². The second kappa shape index (κ2) is 4.11. The Morgan fingerprint density at radius 3 is 2.64 bits per heavy atom. The van der Waals surface area contributed by atoms with Crippen LogP contribution in [0.25, 0.3) is 0 Å². The number of oxime groups is 1. The number of amidine groups is 1. The second-order valence-corrected chi connectivity index (χ2v) is 4.69. The van der Waals surface area contributed by atoms with Crippen LogP contribution in [0.3, 0.4) is 0 Å². The Balaban J connectivity index is 2.91. The zero-order chi connectivity index (χ0) is 10.8. The first-order valence-corrected chi connectivity index (χ1v) is 5.74. The van der Waals surface area contributed by atoms with Crippen molar-refractivity contribution in [2.45, 2.75) is 25.3 Å². The van der Waals surface area contributed by atoms with Gasteiger partial charge in [0.15, 0.2) is 5.84 Å². The molecule has 0 bridgehead atoms. The first-order chi connectivity index (χ1) is 6.46. The number of nitrogens with two attached hydrogens (primary N) is 2. The summed E-state index contributed by atoms with van der Waals surface area (Å²) in [6.07, 6.45) is 2.12. The summed E-state index contributed by atoms with van der Waals surface area (Å²) in [6, 6.07) is -0.608. The molecule has 1 aliphatic heterocycles. The molecule has 7 nitrogen and oxygen atoms in total. The van der Waals surface area contributed by atoms with E-state index in [1.165, 1.54) is 0 Å². The molecular weight excluding hydrogens is 208 g/mol. The molecule has 0 aromatic carbocycles. The van der Waals surface area contributed by atoms with E-state index in [0.29, 0.717) is 13.0 Å². The molecule has 0 aliphatic carbocycles. The van der Waals surface area contributed by atoms with Crippen molar-refractivity contribution < 1.29 is 13.6 Å². The Morgan fingerprint density at radius 1 is 1.50 bits per heavy atom. The maximum Gasteiger partial charge on any atom is 0.277 e. The van der Waals surface area contributed by atoms with Crippen molar-refractivity contribution in [3.8, 4) is 0 Å². The minimum absolute atomic E-state index is 0.112. The molecule has 0 spiro atoms. The molecule has 82 valence electrons. The molecule has 0 aromatic heterocycles. The van der Waals surface area contributed by atoms with Gasteiger partial charge in [-0.1, -0.05) is 11.6 Å². The summed E-state index contributed by atoms with van der Waals surface area (Å²) in [5, 5.41) is 16.3. The molecular formula is C6H14N4O3S. The average molecular weight is 222 g/mol. The van der Waals surface area contributed by atoms with E-state index in [0.717, 1.165) is 17.1 Å². The van der Waals surface area contributed by atoms with E-state index in [4.69, 9.17) is 16.1 Å². The lowest BCUT2D eigenvalue weighted by molar-refractivity contribution is 0.281. The lowest BCUT2D eigenvalue weighted by Gasteiger charge is -2.31. The minimum Gasteiger partial charge on any atom is -0.409 e. The second-order valence-electron chi connectivity index (χ2n) is 3.19. The van der Waals surface area contributed by atoms with Crippen LogP contribution < -0.4 is 10.9 Å². The smallest absolute Gasteiger partial charge is 0.277 e. The highest BCUT2D eigenvalue weighted by Gasteiger charge is 2.32. The van der Waals surface area contributed by atoms with Crippen LogP contribution in [0.15, 0.2) is 5.16 Å². The number of hydrogen-bond acceptors (Lipinski definition) is 4. The number of rotatable bonds is 2. The van der Waals surface area contributed by atoms with Gasteiger partial charge in [0.2, 0.25) is 0 Å². The predicted octanol–water partition coefficient (Wildman–Crippen LogP) is -1.21. The summed E-state index contributed by atoms with van der Waals surface area (Å²) in [7, 11) is -3.77. The fraction of sp³-hybridized carbons (Fsp3) is 0.833. The number of nitrogens with zero attached hydrogens (tertiary/aromatic N) is 2. The van der Waals surface area contributed by atoms with Crippen LogP contribution in [0, 0.1) is 0 Å². The summed E-state index contributed by atoms with van der Waals surface area (Å²) in [6.45, 7) is 0.319. The molecule has 1 fully saturated rings. The zero-order valence-electron chi connectivity index (χ0n) is 7.63. The van der Waals surface area contributed by atoms with Crippen LogP contribution in [0.2, 0.25) is 0 Å². The van der Waals surface area contributed by atoms with Gasteiger partial charge in [-0.3, -0.25) is 0 Å². The van der Waals surface area contributed by atoms with Crippen molar-refractivity contribution in [2.24, 2.45) is 16.0 Å². The molecule has 5 N–H and O–H groups in total. The molecule has 0 amide bonds. The molecule has 1 rings (SSSR count). The largest absolute Gasteiger partial charge is 0.409 e. The summed E-state index contributed by atoms with van der Waals surface area (Å²) in [5.41, 5.74) is 5.37. The van der Waals surface area contributed by atoms with Gasteiger partial charge in [-0.15, -0.1) is 0 Å². The van der Waals surface area contributed by atoms with Crippen molar-refractivity contribution in [3.05, 3.63) is 0 Å². The zero-order valence-corrected chi connectivity index (χ0v) is 8.44. The molecule has 8 heteroatoms. The standard InChI is InChI=1S/C6H14N4O3S/c7-6(9-11)5-3-1-2-4-10(5)14(8,12)13/h5,11H,1-4H2,(H2,7,9)(H2,8,12,13). The van der Waals surface area contributed by atoms with Gasteiger partial charge in [0, 0.05) is 6.54 Å². The lowest BCUT2D eigenvalue weighted by Crippen LogP contribution is -2.52. The van der Waals surface area contributed by atoms with Gasteiger partial charge in [-0.05, 0) is 12.8 Å². The van der Waals surface area contributed by atoms with Crippen molar-refractivity contribution in [2.75, 3.05) is 6.54 Å². The number of hydrogen-bond donors (Lipinski definition) is 3. The van der Waals surface area contributed by atoms with Crippen LogP contribution in [-0.4, -0.2) is 36.4 Å². The summed E-state index contributed by atoms with van der Waals surface area (Å²) < 4.78 is 23.3. The van der Waals surface area contributed by atoms with Crippen molar-refractivity contribution in [1.29, 1.82) is 0 Å². The molecule has 0 aromatic rings. The third kappa shape index (κ3) is 2.34. The SMILES string of the molecule is NC(=NO)C1CCCCN1S(N)(=O)=O. The lowest BCUT2D eigenvalue weighted by atomic mass is 10.0. The van der Waals surface area contributed by atoms with E-state index in [2.05, 4.69) is 5.16 Å².